The second-order valence-electron chi connectivity index (χ2n) is 29.8. The van der Waals surface area contributed by atoms with Gasteiger partial charge in [-0.2, -0.15) is 9.97 Å². The Kier molecular flexibility index (Phi) is 17.0. The predicted octanol–water partition coefficient (Wildman–Crippen LogP) is 27.1. The van der Waals surface area contributed by atoms with Gasteiger partial charge in [-0.25, -0.2) is 19.9 Å². The Morgan fingerprint density at radius 2 is 0.356 bits per heavy atom. The van der Waals surface area contributed by atoms with Crippen molar-refractivity contribution in [3.8, 4) is 124 Å². The van der Waals surface area contributed by atoms with Gasteiger partial charge in [-0.05, 0) is 154 Å². The highest BCUT2D eigenvalue weighted by atomic mass is 15.2. The minimum absolute atomic E-state index is 0.574. The zero-order valence-electron chi connectivity index (χ0n) is 63.9. The van der Waals surface area contributed by atoms with Gasteiger partial charge in [0, 0.05) is 88.0 Å². The summed E-state index contributed by atoms with van der Waals surface area (Å²) in [6.07, 6.45) is 0. The molecule has 0 saturated carbocycles. The number of aromatic nitrogens is 10. The maximum Gasteiger partial charge on any atom is 0.238 e. The smallest absolute Gasteiger partial charge is 0.238 e. The van der Waals surface area contributed by atoms with Crippen molar-refractivity contribution in [2.45, 2.75) is 0 Å². The third-order valence-corrected chi connectivity index (χ3v) is 22.7. The van der Waals surface area contributed by atoms with Crippen molar-refractivity contribution in [3.05, 3.63) is 425 Å². The number of benzene rings is 17. The molecule has 23 rings (SSSR count). The van der Waals surface area contributed by atoms with E-state index in [1.54, 1.807) is 0 Å². The van der Waals surface area contributed by atoms with Crippen LogP contribution in [0.5, 0.6) is 0 Å². The molecule has 118 heavy (non-hydrogen) atoms. The third-order valence-electron chi connectivity index (χ3n) is 22.7. The van der Waals surface area contributed by atoms with E-state index in [-0.39, 0.29) is 0 Å². The Labute approximate surface area is 680 Å². The molecule has 0 saturated heterocycles. The molecule has 0 aliphatic heterocycles. The molecule has 0 N–H and O–H groups in total. The first-order valence-corrected chi connectivity index (χ1v) is 39.8. The van der Waals surface area contributed by atoms with Gasteiger partial charge in [0.25, 0.3) is 0 Å². The molecule has 0 atom stereocenters. The molecule has 0 bridgehead atoms. The van der Waals surface area contributed by atoms with E-state index in [0.29, 0.717) is 35.1 Å². The van der Waals surface area contributed by atoms with Gasteiger partial charge in [-0.3, -0.25) is 4.57 Å². The number of nitrogens with zero attached hydrogens (tertiary/aromatic N) is 10. The Bertz CT molecular complexity index is 7730. The fourth-order valence-corrected chi connectivity index (χ4v) is 17.2. The molecule has 0 spiro atoms. The molecule has 0 aliphatic carbocycles. The predicted molar refractivity (Wildman–Crippen MR) is 486 cm³/mol. The third kappa shape index (κ3) is 12.3. The summed E-state index contributed by atoms with van der Waals surface area (Å²) in [5.41, 5.74) is 26.1. The molecule has 0 radical (unpaired) electrons. The van der Waals surface area contributed by atoms with Gasteiger partial charge in [0.1, 0.15) is 0 Å². The van der Waals surface area contributed by atoms with E-state index < -0.39 is 0 Å². The SMILES string of the molecule is c1ccc(-c2ccc(-c3nc(-c4cccc(-n5c6ccccc6c6cc(-c7ccccc7)ccc65)c4)nc(-n4c5ccccc5c5ccccc54)n3)cc2)cc1.c1ccc(-c2ccc3c(c2)c2ccccc2n3-c2cccc(-c3nc(-c4ccccc4)nc(-c4cccc(-c5ccc6c(c5)c5ccccc5n6-c5ccccc5)c4)n3)c2)cc1. The van der Waals surface area contributed by atoms with Crippen LogP contribution in [-0.4, -0.2) is 48.2 Å². The lowest BCUT2D eigenvalue weighted by molar-refractivity contribution is 0.953. The van der Waals surface area contributed by atoms with Crippen LogP contribution < -0.4 is 0 Å². The van der Waals surface area contributed by atoms with Crippen LogP contribution in [0.4, 0.5) is 0 Å². The minimum Gasteiger partial charge on any atom is -0.309 e. The maximum atomic E-state index is 5.26. The standard InChI is InChI=1S/C57H37N5.C51H33N5/c1-4-16-38(17-5-1)41-30-32-54-49(36-41)48-27-11-13-29-52(48)62(54)46-25-15-22-44(35-46)57-59-55(39-18-6-2-7-19-39)58-56(60-57)43-21-14-20-40(34-43)42-31-33-53-50(37-42)47-26-10-12-28-51(47)61(53)45-23-8-3-9-24-45;1-3-14-34(15-4-1)36-26-28-37(29-27-36)49-52-50(54-51(53-49)56-46-24-11-7-20-41(46)42-21-8-12-25-47(42)56)39-18-13-19-40(32-39)55-45-23-10-9-22-43(45)44-33-38(30-31-48(44)55)35-16-5-2-6-17-35/h1-37H;1-33H. The molecule has 0 amide bonds. The molecule has 0 unspecified atom stereocenters. The lowest BCUT2D eigenvalue weighted by Gasteiger charge is -2.13. The fraction of sp³-hybridized carbons (Fsp3) is 0. The number of rotatable bonds is 13. The summed E-state index contributed by atoms with van der Waals surface area (Å²) >= 11 is 0. The van der Waals surface area contributed by atoms with Gasteiger partial charge in [-0.15, -0.1) is 0 Å². The van der Waals surface area contributed by atoms with Crippen LogP contribution in [0.25, 0.3) is 212 Å². The number of hydrogen-bond donors (Lipinski definition) is 0. The molecule has 6 aromatic heterocycles. The fourth-order valence-electron chi connectivity index (χ4n) is 17.2. The van der Waals surface area contributed by atoms with Crippen molar-refractivity contribution in [1.82, 2.24) is 48.2 Å². The van der Waals surface area contributed by atoms with E-state index in [2.05, 4.69) is 419 Å². The summed E-state index contributed by atoms with van der Waals surface area (Å²) in [6, 6.07) is 150. The highest BCUT2D eigenvalue weighted by Crippen LogP contribution is 2.42. The average Bonchev–Trinajstić information content (AvgIpc) is 1.60. The summed E-state index contributed by atoms with van der Waals surface area (Å²) in [5, 5.41) is 9.58. The van der Waals surface area contributed by atoms with Gasteiger partial charge in [-0.1, -0.05) is 315 Å². The van der Waals surface area contributed by atoms with Crippen LogP contribution in [0, 0.1) is 0 Å². The van der Waals surface area contributed by atoms with Gasteiger partial charge in [0.05, 0.1) is 44.1 Å². The molecular weight excluding hydrogens is 1440 g/mol. The maximum absolute atomic E-state index is 5.26. The molecule has 0 aliphatic rings. The zero-order valence-corrected chi connectivity index (χ0v) is 63.9. The topological polar surface area (TPSA) is 97.1 Å². The first kappa shape index (κ1) is 68.7. The van der Waals surface area contributed by atoms with Gasteiger partial charge in [0.2, 0.25) is 5.95 Å². The van der Waals surface area contributed by atoms with E-state index in [1.807, 2.05) is 24.3 Å². The Morgan fingerprint density at radius 3 is 0.780 bits per heavy atom. The highest BCUT2D eigenvalue weighted by Gasteiger charge is 2.23. The molecule has 6 heterocycles. The Hall–Kier alpha value is -16.0. The largest absolute Gasteiger partial charge is 0.309 e. The molecule has 0 fully saturated rings. The monoisotopic (exact) mass is 1510 g/mol. The van der Waals surface area contributed by atoms with E-state index >= 15 is 0 Å². The van der Waals surface area contributed by atoms with Crippen LogP contribution in [0.2, 0.25) is 0 Å². The normalized spacial score (nSPS) is 11.6. The molecular formula is C108H70N10. The van der Waals surface area contributed by atoms with Crippen LogP contribution in [0.15, 0.2) is 425 Å². The van der Waals surface area contributed by atoms with E-state index in [1.165, 1.54) is 71.2 Å². The van der Waals surface area contributed by atoms with Crippen molar-refractivity contribution >= 4 is 87.2 Å². The quantitative estimate of drug-likeness (QED) is 0.114. The number of hydrogen-bond acceptors (Lipinski definition) is 6. The highest BCUT2D eigenvalue weighted by molar-refractivity contribution is 6.14. The summed E-state index contributed by atoms with van der Waals surface area (Å²) < 4.78 is 9.21. The lowest BCUT2D eigenvalue weighted by Crippen LogP contribution is -2.06. The summed E-state index contributed by atoms with van der Waals surface area (Å²) in [4.78, 5) is 31.1. The zero-order chi connectivity index (χ0) is 78.0. The Morgan fingerprint density at radius 1 is 0.127 bits per heavy atom. The van der Waals surface area contributed by atoms with Crippen LogP contribution in [0.1, 0.15) is 0 Å². The van der Waals surface area contributed by atoms with Crippen molar-refractivity contribution in [2.24, 2.45) is 0 Å². The van der Waals surface area contributed by atoms with E-state index in [9.17, 15) is 0 Å². The van der Waals surface area contributed by atoms with E-state index in [0.717, 1.165) is 105 Å². The molecule has 23 aromatic rings. The van der Waals surface area contributed by atoms with Crippen molar-refractivity contribution < 1.29 is 0 Å². The van der Waals surface area contributed by atoms with Gasteiger partial charge < -0.3 is 13.7 Å². The number of para-hydroxylation sites is 6. The molecule has 552 valence electrons. The van der Waals surface area contributed by atoms with E-state index in [4.69, 9.17) is 29.9 Å². The first-order valence-electron chi connectivity index (χ1n) is 39.8. The first-order chi connectivity index (χ1) is 58.5. The summed E-state index contributed by atoms with van der Waals surface area (Å²) in [5.74, 6) is 3.65. The average molecular weight is 1510 g/mol. The van der Waals surface area contributed by atoms with Gasteiger partial charge >= 0.3 is 0 Å². The van der Waals surface area contributed by atoms with Crippen molar-refractivity contribution in [1.29, 1.82) is 0 Å². The van der Waals surface area contributed by atoms with Crippen molar-refractivity contribution in [2.75, 3.05) is 0 Å². The molecule has 10 nitrogen and oxygen atoms in total. The van der Waals surface area contributed by atoms with Crippen molar-refractivity contribution in [3.63, 3.8) is 0 Å². The molecule has 17 aromatic carbocycles. The second kappa shape index (κ2) is 29.2. The Balaban J connectivity index is 0.000000143. The summed E-state index contributed by atoms with van der Waals surface area (Å²) in [7, 11) is 0. The van der Waals surface area contributed by atoms with Gasteiger partial charge in [0.15, 0.2) is 29.1 Å². The molecule has 10 heteroatoms. The minimum atomic E-state index is 0.574. The van der Waals surface area contributed by atoms with Crippen LogP contribution in [-0.2, 0) is 0 Å². The lowest BCUT2D eigenvalue weighted by atomic mass is 10.0. The summed E-state index contributed by atoms with van der Waals surface area (Å²) in [6.45, 7) is 0. The van der Waals surface area contributed by atoms with Crippen LogP contribution in [0.3, 0.4) is 0 Å². The second-order valence-corrected chi connectivity index (χ2v) is 29.8. The van der Waals surface area contributed by atoms with Crippen LogP contribution >= 0.6 is 0 Å². The number of fused-ring (bicyclic) bond motifs is 12.